The Morgan fingerprint density at radius 1 is 1.06 bits per heavy atom. The summed E-state index contributed by atoms with van der Waals surface area (Å²) in [6, 6.07) is 0. The van der Waals surface area contributed by atoms with Crippen molar-refractivity contribution >= 4 is 5.91 Å². The van der Waals surface area contributed by atoms with Gasteiger partial charge in [0.05, 0.1) is 18.3 Å². The van der Waals surface area contributed by atoms with E-state index in [9.17, 15) is 20.1 Å². The molecule has 0 saturated heterocycles. The summed E-state index contributed by atoms with van der Waals surface area (Å²) in [6.45, 7) is 9.54. The summed E-state index contributed by atoms with van der Waals surface area (Å²) >= 11 is 0. The molecule has 0 bridgehead atoms. The molecule has 4 fully saturated rings. The zero-order chi connectivity index (χ0) is 22.6. The minimum atomic E-state index is -0.354. The molecule has 0 spiro atoms. The molecule has 4 rings (SSSR count). The molecule has 178 valence electrons. The molecule has 4 saturated carbocycles. The number of fused-ring (bicyclic) bond motifs is 5. The van der Waals surface area contributed by atoms with E-state index in [-0.39, 0.29) is 41.0 Å². The van der Waals surface area contributed by atoms with Crippen LogP contribution in [0.4, 0.5) is 0 Å². The minimum absolute atomic E-state index is 0.118. The predicted octanol–water partition coefficient (Wildman–Crippen LogP) is 3.50. The van der Waals surface area contributed by atoms with Crippen molar-refractivity contribution in [1.29, 1.82) is 0 Å². The van der Waals surface area contributed by atoms with Crippen LogP contribution in [0.15, 0.2) is 0 Å². The third-order valence-electron chi connectivity index (χ3n) is 10.7. The van der Waals surface area contributed by atoms with Gasteiger partial charge in [-0.3, -0.25) is 4.79 Å². The topological polar surface area (TPSA) is 89.8 Å². The van der Waals surface area contributed by atoms with Crippen molar-refractivity contribution in [3.05, 3.63) is 0 Å². The Bertz CT molecular complexity index is 670. The number of carbonyl (C=O) groups is 1. The van der Waals surface area contributed by atoms with Gasteiger partial charge in [0, 0.05) is 13.0 Å². The fourth-order valence-corrected chi connectivity index (χ4v) is 8.98. The maximum Gasteiger partial charge on any atom is 0.219 e. The number of aliphatic hydroxyl groups excluding tert-OH is 3. The highest BCUT2D eigenvalue weighted by molar-refractivity contribution is 5.75. The first kappa shape index (κ1) is 23.5. The van der Waals surface area contributed by atoms with Gasteiger partial charge < -0.3 is 20.6 Å². The molecule has 0 aromatic carbocycles. The highest BCUT2D eigenvalue weighted by atomic mass is 16.3. The van der Waals surface area contributed by atoms with Gasteiger partial charge in [-0.1, -0.05) is 20.8 Å². The lowest BCUT2D eigenvalue weighted by molar-refractivity contribution is -0.207. The molecule has 0 heterocycles. The lowest BCUT2D eigenvalue weighted by Crippen LogP contribution is -2.62. The minimum Gasteiger partial charge on any atom is -0.393 e. The van der Waals surface area contributed by atoms with Crippen molar-refractivity contribution in [1.82, 2.24) is 5.32 Å². The van der Waals surface area contributed by atoms with Gasteiger partial charge in [-0.2, -0.15) is 0 Å². The summed E-state index contributed by atoms with van der Waals surface area (Å²) in [5.74, 6) is 2.21. The lowest BCUT2D eigenvalue weighted by Gasteiger charge is -2.63. The van der Waals surface area contributed by atoms with Crippen LogP contribution >= 0.6 is 0 Å². The van der Waals surface area contributed by atoms with Crippen molar-refractivity contribution in [3.63, 3.8) is 0 Å². The Morgan fingerprint density at radius 3 is 2.52 bits per heavy atom. The monoisotopic (exact) mass is 435 g/mol. The number of aliphatic hydroxyl groups is 3. The maximum absolute atomic E-state index is 12.0. The molecule has 31 heavy (non-hydrogen) atoms. The second kappa shape index (κ2) is 8.61. The molecule has 4 N–H and O–H groups in total. The number of amides is 1. The second-order valence-corrected chi connectivity index (χ2v) is 12.0. The normalized spacial score (nSPS) is 50.2. The van der Waals surface area contributed by atoms with Crippen molar-refractivity contribution in [2.75, 3.05) is 6.54 Å². The summed E-state index contributed by atoms with van der Waals surface area (Å²) in [6.07, 6.45) is 6.90. The summed E-state index contributed by atoms with van der Waals surface area (Å²) < 4.78 is 0. The molecule has 5 nitrogen and oxygen atoms in total. The fourth-order valence-electron chi connectivity index (χ4n) is 8.98. The van der Waals surface area contributed by atoms with Crippen LogP contribution in [-0.2, 0) is 4.79 Å². The molecule has 5 heteroatoms. The van der Waals surface area contributed by atoms with Gasteiger partial charge in [-0.25, -0.2) is 0 Å². The van der Waals surface area contributed by atoms with E-state index in [0.717, 1.165) is 51.4 Å². The quantitative estimate of drug-likeness (QED) is 0.532. The Labute approximate surface area is 188 Å². The Balaban J connectivity index is 1.54. The molecule has 4 aliphatic rings. The first-order valence-electron chi connectivity index (χ1n) is 12.9. The largest absolute Gasteiger partial charge is 0.393 e. The van der Waals surface area contributed by atoms with Crippen LogP contribution in [0.5, 0.6) is 0 Å². The number of hydrogen-bond donors (Lipinski definition) is 4. The molecule has 11 atom stereocenters. The molecule has 0 aromatic rings. The number of carbonyl (C=O) groups excluding carboxylic acids is 1. The van der Waals surface area contributed by atoms with E-state index in [2.05, 4.69) is 26.1 Å². The molecule has 0 aromatic heterocycles. The number of hydrogen-bond acceptors (Lipinski definition) is 4. The van der Waals surface area contributed by atoms with Crippen LogP contribution in [0.2, 0.25) is 0 Å². The standard InChI is InChI=1S/C26H45NO4/c1-5-27-23(31)9-6-15(2)18-7-8-19-24-20(14-22(30)26(18,19)4)25(3)11-10-17(28)12-16(25)13-21(24)29/h15-22,24,28-30H,5-14H2,1-4H3,(H,27,31). The van der Waals surface area contributed by atoms with E-state index in [0.29, 0.717) is 42.6 Å². The summed E-state index contributed by atoms with van der Waals surface area (Å²) in [5.41, 5.74) is -0.0620. The zero-order valence-corrected chi connectivity index (χ0v) is 20.0. The molecular formula is C26H45NO4. The van der Waals surface area contributed by atoms with Crippen LogP contribution in [0.1, 0.15) is 85.5 Å². The van der Waals surface area contributed by atoms with Gasteiger partial charge in [0.1, 0.15) is 0 Å². The maximum atomic E-state index is 12.0. The summed E-state index contributed by atoms with van der Waals surface area (Å²) in [7, 11) is 0. The summed E-state index contributed by atoms with van der Waals surface area (Å²) in [4.78, 5) is 12.0. The third-order valence-corrected chi connectivity index (χ3v) is 10.7. The summed E-state index contributed by atoms with van der Waals surface area (Å²) in [5, 5.41) is 36.1. The molecule has 0 radical (unpaired) electrons. The molecular weight excluding hydrogens is 390 g/mol. The van der Waals surface area contributed by atoms with Gasteiger partial charge in [0.25, 0.3) is 0 Å². The lowest BCUT2D eigenvalue weighted by atomic mass is 9.43. The average Bonchev–Trinajstić information content (AvgIpc) is 3.07. The van der Waals surface area contributed by atoms with Crippen molar-refractivity contribution in [2.24, 2.45) is 46.3 Å². The SMILES string of the molecule is CCNC(=O)CCC(C)C1CCC2C3C(O)CC4CC(O)CCC4(C)C3CC(O)C12C. The van der Waals surface area contributed by atoms with Crippen LogP contribution in [0.3, 0.4) is 0 Å². The molecule has 1 amide bonds. The van der Waals surface area contributed by atoms with Crippen LogP contribution in [0, 0.1) is 46.3 Å². The highest BCUT2D eigenvalue weighted by Gasteiger charge is 2.65. The van der Waals surface area contributed by atoms with Gasteiger partial charge >= 0.3 is 0 Å². The predicted molar refractivity (Wildman–Crippen MR) is 121 cm³/mol. The number of nitrogens with one attached hydrogen (secondary N) is 1. The van der Waals surface area contributed by atoms with E-state index >= 15 is 0 Å². The van der Waals surface area contributed by atoms with Gasteiger partial charge in [-0.15, -0.1) is 0 Å². The van der Waals surface area contributed by atoms with Crippen LogP contribution in [-0.4, -0.2) is 46.1 Å². The molecule has 0 aliphatic heterocycles. The fraction of sp³-hybridized carbons (Fsp3) is 0.962. The Kier molecular flexibility index (Phi) is 6.53. The van der Waals surface area contributed by atoms with Gasteiger partial charge in [0.2, 0.25) is 5.91 Å². The number of rotatable bonds is 5. The third kappa shape index (κ3) is 3.77. The van der Waals surface area contributed by atoms with Crippen LogP contribution < -0.4 is 5.32 Å². The van der Waals surface area contributed by atoms with E-state index in [4.69, 9.17) is 0 Å². The van der Waals surface area contributed by atoms with Crippen LogP contribution in [0.25, 0.3) is 0 Å². The van der Waals surface area contributed by atoms with Crippen molar-refractivity contribution < 1.29 is 20.1 Å². The van der Waals surface area contributed by atoms with Crippen molar-refractivity contribution in [3.8, 4) is 0 Å². The molecule has 4 aliphatic carbocycles. The molecule has 11 unspecified atom stereocenters. The Hall–Kier alpha value is -0.650. The smallest absolute Gasteiger partial charge is 0.219 e. The van der Waals surface area contributed by atoms with E-state index in [1.807, 2.05) is 6.92 Å². The van der Waals surface area contributed by atoms with Crippen molar-refractivity contribution in [2.45, 2.75) is 104 Å². The van der Waals surface area contributed by atoms with E-state index in [1.54, 1.807) is 0 Å². The average molecular weight is 436 g/mol. The Morgan fingerprint density at radius 2 is 1.81 bits per heavy atom. The van der Waals surface area contributed by atoms with E-state index < -0.39 is 0 Å². The zero-order valence-electron chi connectivity index (χ0n) is 20.0. The first-order valence-corrected chi connectivity index (χ1v) is 12.9. The van der Waals surface area contributed by atoms with Gasteiger partial charge in [-0.05, 0) is 105 Å². The first-order chi connectivity index (χ1) is 14.6. The van der Waals surface area contributed by atoms with E-state index in [1.165, 1.54) is 0 Å². The highest BCUT2D eigenvalue weighted by Crippen LogP contribution is 2.68. The van der Waals surface area contributed by atoms with Gasteiger partial charge in [0.15, 0.2) is 0 Å². The second-order valence-electron chi connectivity index (χ2n) is 12.0.